The maximum Gasteiger partial charge on any atom is 0.405 e. The molecule has 3 aliphatic heterocycles. The molecule has 106 heavy (non-hydrogen) atoms. The van der Waals surface area contributed by atoms with Crippen LogP contribution >= 0.6 is 34.8 Å². The number of fused-ring (bicyclic) bond motifs is 3. The van der Waals surface area contributed by atoms with Crippen molar-refractivity contribution < 1.29 is 76.8 Å². The molecule has 9 aromatic heterocycles. The van der Waals surface area contributed by atoms with Gasteiger partial charge in [0.15, 0.2) is 17.5 Å². The van der Waals surface area contributed by atoms with Crippen LogP contribution in [0.5, 0.6) is 0 Å². The van der Waals surface area contributed by atoms with Gasteiger partial charge < -0.3 is 60.3 Å². The van der Waals surface area contributed by atoms with Gasteiger partial charge in [-0.25, -0.2) is 44.9 Å². The molecule has 3 aliphatic rings. The second kappa shape index (κ2) is 33.1. The number of alkyl halides is 9. The summed E-state index contributed by atoms with van der Waals surface area (Å²) in [4.78, 5) is 133. The average Bonchev–Trinajstić information content (AvgIpc) is 1.44. The number of carbonyl (C=O) groups is 6. The lowest BCUT2D eigenvalue weighted by Crippen LogP contribution is -2.61. The Kier molecular flexibility index (Phi) is 24.3. The van der Waals surface area contributed by atoms with Crippen LogP contribution in [0.3, 0.4) is 0 Å². The number of H-pyrrole nitrogens is 3. The smallest absolute Gasteiger partial charge is 0.345 e. The van der Waals surface area contributed by atoms with Crippen LogP contribution in [0.2, 0.25) is 15.1 Å². The fourth-order valence-electron chi connectivity index (χ4n) is 11.7. The first kappa shape index (κ1) is 77.9. The SMILES string of the molecule is C=CC(=O)N1CCN(c2ccnc(-c3c[nH]c4ncc(Cl)cc34)n2)[C@@H](C(=O)NCC(F)(F)F)C1.CC(C)=CC(=O)N1CCN(c2ccnc(-c3c[nH]c4ncc(Cl)cc34)n2)[C@@H](C(=O)NCC(F)(F)F)C1.CC(C)CC(=O)N1CCN(c2ccnc(-c3c[nH]c4ncc(Cl)cc34)n2)[C@@H](C(=O)NCC(F)(F)F)C1.[HH].[HH].[HH].[HH].[HH].[HH]. The normalized spacial score (nSPS) is 16.4. The minimum Gasteiger partial charge on any atom is -0.345 e. The molecule has 27 nitrogen and oxygen atoms in total. The van der Waals surface area contributed by atoms with E-state index in [-0.39, 0.29) is 85.1 Å². The molecular weight excluding hydrogens is 1470 g/mol. The average molecular weight is 1550 g/mol. The molecule has 0 unspecified atom stereocenters. The zero-order valence-electron chi connectivity index (χ0n) is 56.7. The van der Waals surface area contributed by atoms with Gasteiger partial charge in [0.2, 0.25) is 35.4 Å². The Balaban J connectivity index is 0.000000345. The van der Waals surface area contributed by atoms with Gasteiger partial charge in [0.1, 0.15) is 72.2 Å². The Hall–Kier alpha value is -10.8. The lowest BCUT2D eigenvalue weighted by atomic mass is 10.1. The minimum absolute atomic E-state index is 0. The summed E-state index contributed by atoms with van der Waals surface area (Å²) in [5, 5.41) is 9.15. The van der Waals surface area contributed by atoms with Gasteiger partial charge in [0, 0.05) is 149 Å². The molecule has 0 spiro atoms. The number of pyridine rings is 3. The Morgan fingerprint density at radius 1 is 0.519 bits per heavy atom. The highest BCUT2D eigenvalue weighted by Gasteiger charge is 2.41. The monoisotopic (exact) mass is 1550 g/mol. The van der Waals surface area contributed by atoms with Crippen molar-refractivity contribution in [1.82, 2.24) is 90.5 Å². The molecular formula is C67H79Cl3F9N21O6. The van der Waals surface area contributed by atoms with Gasteiger partial charge in [-0.3, -0.25) is 28.8 Å². The van der Waals surface area contributed by atoms with Crippen LogP contribution < -0.4 is 30.7 Å². The Morgan fingerprint density at radius 3 is 1.15 bits per heavy atom. The number of piperazine rings is 3. The molecule has 572 valence electrons. The van der Waals surface area contributed by atoms with Crippen LogP contribution in [-0.2, 0) is 28.8 Å². The van der Waals surface area contributed by atoms with Crippen LogP contribution in [0.25, 0.3) is 67.3 Å². The number of halogens is 12. The molecule has 6 N–H and O–H groups in total. The number of nitrogens with zero attached hydrogens (tertiary/aromatic N) is 15. The quantitative estimate of drug-likeness (QED) is 0.0387. The molecule has 12 rings (SSSR count). The number of aromatic amines is 3. The standard InChI is InChI=1S/C23H25ClF3N7O2.C23H23ClF3N7O2.C21H19ClF3N7O2.6H2/c2*1-13(2)7-19(35)33-5-6-34(17(11-33)22(36)31-12-23(25,26)27)18-3-4-28-21(32-18)16-10-30-20-15(16)8-14(24)9-29-20;1-2-17(33)31-5-6-32(15(10-31)20(34)29-11-21(23,24)25)16-3-4-26-19(30-16)14-9-28-18-13(14)7-12(22)8-27-18;;;;;;/h3-4,8-10,13,17H,5-7,11-12H2,1-2H3,(H,29,30)(H,31,36);3-4,7-10,17H,5-6,11-12H2,1-2H3,(H,29,30)(H,31,36);2-4,7-9,15H,1,5-6,10-11H2,(H,27,28)(H,29,34);6*1H/t2*17-;15-;;;;;;/m111....../s1. The van der Waals surface area contributed by atoms with E-state index in [4.69, 9.17) is 34.8 Å². The summed E-state index contributed by atoms with van der Waals surface area (Å²) >= 11 is 18.2. The molecule has 0 saturated carbocycles. The van der Waals surface area contributed by atoms with E-state index in [0.29, 0.717) is 106 Å². The summed E-state index contributed by atoms with van der Waals surface area (Å²) in [6, 6.07) is 6.61. The molecule has 0 radical (unpaired) electrons. The second-order valence-electron chi connectivity index (χ2n) is 25.0. The fraction of sp³-hybridized carbons (Fsp3) is 0.358. The van der Waals surface area contributed by atoms with Gasteiger partial charge in [0.05, 0.1) is 34.7 Å². The Labute approximate surface area is 621 Å². The number of allylic oxidation sites excluding steroid dienone is 1. The Bertz CT molecular complexity index is 4790. The Morgan fingerprint density at radius 2 is 0.840 bits per heavy atom. The zero-order valence-corrected chi connectivity index (χ0v) is 59.0. The van der Waals surface area contributed by atoms with E-state index in [1.807, 2.05) is 29.8 Å². The number of hydrogen-bond acceptors (Lipinski definition) is 18. The fourth-order valence-corrected chi connectivity index (χ4v) is 12.2. The molecule has 3 atom stereocenters. The summed E-state index contributed by atoms with van der Waals surface area (Å²) < 4.78 is 115. The van der Waals surface area contributed by atoms with Crippen LogP contribution in [0.4, 0.5) is 57.0 Å². The van der Waals surface area contributed by atoms with E-state index < -0.39 is 79.9 Å². The number of amides is 6. The van der Waals surface area contributed by atoms with Crippen LogP contribution in [0.15, 0.2) is 116 Å². The predicted octanol–water partition coefficient (Wildman–Crippen LogP) is 10.8. The molecule has 0 aromatic carbocycles. The summed E-state index contributed by atoms with van der Waals surface area (Å²) in [6.07, 6.45) is 3.14. The summed E-state index contributed by atoms with van der Waals surface area (Å²) in [5.41, 5.74) is 4.39. The van der Waals surface area contributed by atoms with Crippen LogP contribution in [-0.4, -0.2) is 225 Å². The van der Waals surface area contributed by atoms with Crippen molar-refractivity contribution >= 4 is 121 Å². The molecule has 3 saturated heterocycles. The predicted molar refractivity (Wildman–Crippen MR) is 388 cm³/mol. The molecule has 6 amide bonds. The summed E-state index contributed by atoms with van der Waals surface area (Å²) in [7, 11) is 0. The van der Waals surface area contributed by atoms with E-state index in [0.717, 1.165) is 11.6 Å². The highest BCUT2D eigenvalue weighted by Crippen LogP contribution is 2.34. The number of hydrogen-bond donors (Lipinski definition) is 6. The van der Waals surface area contributed by atoms with Crippen molar-refractivity contribution in [2.24, 2.45) is 5.92 Å². The van der Waals surface area contributed by atoms with E-state index in [1.165, 1.54) is 58.0 Å². The third-order valence-corrected chi connectivity index (χ3v) is 17.2. The maximum atomic E-state index is 12.9. The van der Waals surface area contributed by atoms with Gasteiger partial charge >= 0.3 is 18.5 Å². The number of carbonyl (C=O) groups excluding carboxylic acids is 6. The third kappa shape index (κ3) is 19.8. The van der Waals surface area contributed by atoms with Crippen molar-refractivity contribution in [3.63, 3.8) is 0 Å². The van der Waals surface area contributed by atoms with Gasteiger partial charge in [-0.1, -0.05) is 60.8 Å². The van der Waals surface area contributed by atoms with Gasteiger partial charge in [-0.2, -0.15) is 39.5 Å². The number of aromatic nitrogens is 12. The minimum atomic E-state index is -4.57. The number of anilines is 3. The second-order valence-corrected chi connectivity index (χ2v) is 26.3. The van der Waals surface area contributed by atoms with E-state index in [1.54, 1.807) is 83.5 Å². The summed E-state index contributed by atoms with van der Waals surface area (Å²) in [6.45, 7) is 7.42. The van der Waals surface area contributed by atoms with Crippen molar-refractivity contribution in [1.29, 1.82) is 0 Å². The largest absolute Gasteiger partial charge is 0.405 e. The zero-order chi connectivity index (χ0) is 76.5. The number of rotatable bonds is 16. The lowest BCUT2D eigenvalue weighted by molar-refractivity contribution is -0.141. The van der Waals surface area contributed by atoms with Gasteiger partial charge in [-0.05, 0) is 62.2 Å². The topological polar surface area (TPSA) is 321 Å². The van der Waals surface area contributed by atoms with Crippen molar-refractivity contribution in [2.45, 2.75) is 70.8 Å². The van der Waals surface area contributed by atoms with Crippen molar-refractivity contribution in [3.8, 4) is 34.2 Å². The highest BCUT2D eigenvalue weighted by molar-refractivity contribution is 6.32. The van der Waals surface area contributed by atoms with Crippen molar-refractivity contribution in [3.05, 3.63) is 132 Å². The summed E-state index contributed by atoms with van der Waals surface area (Å²) in [5.74, 6) is -1.35. The molecule has 0 aliphatic carbocycles. The lowest BCUT2D eigenvalue weighted by Gasteiger charge is -2.41. The first-order valence-electron chi connectivity index (χ1n) is 32.5. The maximum absolute atomic E-state index is 12.9. The molecule has 9 aromatic rings. The molecule has 3 fully saturated rings. The van der Waals surface area contributed by atoms with Crippen LogP contribution in [0.1, 0.15) is 42.7 Å². The first-order chi connectivity index (χ1) is 50.2. The van der Waals surface area contributed by atoms with Crippen LogP contribution in [0, 0.1) is 5.92 Å². The molecule has 12 heterocycles. The molecule has 39 heteroatoms. The third-order valence-electron chi connectivity index (χ3n) is 16.6. The van der Waals surface area contributed by atoms with Crippen molar-refractivity contribution in [2.75, 3.05) is 93.2 Å². The highest BCUT2D eigenvalue weighted by atomic mass is 35.5. The molecule has 0 bridgehead atoms. The van der Waals surface area contributed by atoms with Gasteiger partial charge in [-0.15, -0.1) is 0 Å². The number of nitrogens with one attached hydrogen (secondary N) is 6. The van der Waals surface area contributed by atoms with E-state index in [9.17, 15) is 68.3 Å². The van der Waals surface area contributed by atoms with E-state index >= 15 is 0 Å². The first-order valence-corrected chi connectivity index (χ1v) is 33.7. The van der Waals surface area contributed by atoms with Gasteiger partial charge in [0.25, 0.3) is 0 Å². The van der Waals surface area contributed by atoms with E-state index in [2.05, 4.69) is 66.4 Å².